The maximum absolute atomic E-state index is 5.92. The molecule has 21 heavy (non-hydrogen) atoms. The van der Waals surface area contributed by atoms with Gasteiger partial charge in [-0.05, 0) is 57.4 Å². The molecule has 2 aliphatic rings. The monoisotopic (exact) mass is 351 g/mol. The fourth-order valence-corrected chi connectivity index (χ4v) is 4.30. The molecule has 3 atom stereocenters. The molecule has 3 rings (SSSR count). The smallest absolute Gasteiger partial charge is 0.0389 e. The number of hydrogen-bond donors (Lipinski definition) is 1. The normalized spacial score (nSPS) is 27.7. The van der Waals surface area contributed by atoms with E-state index in [1.807, 2.05) is 0 Å². The molecule has 2 fully saturated rings. The van der Waals surface area contributed by atoms with Gasteiger partial charge >= 0.3 is 0 Å². The van der Waals surface area contributed by atoms with Crippen LogP contribution in [0.15, 0.2) is 22.7 Å². The van der Waals surface area contributed by atoms with Gasteiger partial charge in [-0.15, -0.1) is 0 Å². The van der Waals surface area contributed by atoms with Crippen LogP contribution in [0, 0.1) is 0 Å². The third kappa shape index (κ3) is 3.27. The zero-order valence-corrected chi connectivity index (χ0v) is 14.6. The molecule has 1 aromatic carbocycles. The zero-order valence-electron chi connectivity index (χ0n) is 13.1. The highest BCUT2D eigenvalue weighted by Crippen LogP contribution is 2.31. The van der Waals surface area contributed by atoms with Gasteiger partial charge in [-0.25, -0.2) is 0 Å². The summed E-state index contributed by atoms with van der Waals surface area (Å²) in [5.74, 6) is 0. The van der Waals surface area contributed by atoms with E-state index in [1.54, 1.807) is 0 Å². The van der Waals surface area contributed by atoms with Crippen LogP contribution in [0.2, 0.25) is 0 Å². The van der Waals surface area contributed by atoms with Crippen molar-refractivity contribution >= 4 is 21.6 Å². The maximum Gasteiger partial charge on any atom is 0.0389 e. The number of fused-ring (bicyclic) bond motifs is 1. The molecule has 4 heteroatoms. The topological polar surface area (TPSA) is 32.5 Å². The van der Waals surface area contributed by atoms with Crippen LogP contribution in [0.5, 0.6) is 0 Å². The highest BCUT2D eigenvalue weighted by Gasteiger charge is 2.34. The van der Waals surface area contributed by atoms with Crippen LogP contribution in [-0.4, -0.2) is 42.7 Å². The van der Waals surface area contributed by atoms with Gasteiger partial charge in [0.1, 0.15) is 0 Å². The van der Waals surface area contributed by atoms with Gasteiger partial charge in [0.25, 0.3) is 0 Å². The molecule has 0 radical (unpaired) electrons. The van der Waals surface area contributed by atoms with Crippen LogP contribution in [0.25, 0.3) is 0 Å². The zero-order chi connectivity index (χ0) is 15.0. The van der Waals surface area contributed by atoms with Gasteiger partial charge < -0.3 is 10.6 Å². The first-order valence-corrected chi connectivity index (χ1v) is 8.88. The summed E-state index contributed by atoms with van der Waals surface area (Å²) in [6, 6.07) is 8.32. The maximum atomic E-state index is 5.92. The number of anilines is 1. The molecule has 2 N–H and O–H groups in total. The van der Waals surface area contributed by atoms with Crippen LogP contribution < -0.4 is 10.6 Å². The minimum atomic E-state index is 0.202. The van der Waals surface area contributed by atoms with Crippen molar-refractivity contribution in [2.75, 3.05) is 24.5 Å². The molecule has 3 nitrogen and oxygen atoms in total. The number of hydrogen-bond acceptors (Lipinski definition) is 3. The van der Waals surface area contributed by atoms with Crippen LogP contribution in [0.4, 0.5) is 5.69 Å². The van der Waals surface area contributed by atoms with Crippen LogP contribution in [-0.2, 0) is 6.42 Å². The summed E-state index contributed by atoms with van der Waals surface area (Å²) in [6.07, 6.45) is 3.64. The van der Waals surface area contributed by atoms with Crippen molar-refractivity contribution in [3.63, 3.8) is 0 Å². The fraction of sp³-hybridized carbons (Fsp3) is 0.647. The minimum Gasteiger partial charge on any atom is -0.366 e. The second-order valence-corrected chi connectivity index (χ2v) is 7.60. The summed E-state index contributed by atoms with van der Waals surface area (Å²) in [5, 5.41) is 0. The van der Waals surface area contributed by atoms with Crippen LogP contribution in [0.1, 0.15) is 32.3 Å². The first kappa shape index (κ1) is 15.3. The summed E-state index contributed by atoms with van der Waals surface area (Å²) in [6.45, 7) is 8.06. The Kier molecular flexibility index (Phi) is 4.57. The van der Waals surface area contributed by atoms with Crippen molar-refractivity contribution < 1.29 is 0 Å². The highest BCUT2D eigenvalue weighted by atomic mass is 79.9. The summed E-state index contributed by atoms with van der Waals surface area (Å²) in [5.41, 5.74) is 8.57. The van der Waals surface area contributed by atoms with E-state index in [0.29, 0.717) is 6.04 Å². The SMILES string of the molecule is CC(N)Cc1ccc(N2CC3CCCN3CC2C)cc1Br. The predicted octanol–water partition coefficient (Wildman–Crippen LogP) is 3.01. The predicted molar refractivity (Wildman–Crippen MR) is 92.9 cm³/mol. The van der Waals surface area contributed by atoms with E-state index in [1.165, 1.54) is 48.2 Å². The number of nitrogens with two attached hydrogens (primary N) is 1. The lowest BCUT2D eigenvalue weighted by Crippen LogP contribution is -2.55. The second-order valence-electron chi connectivity index (χ2n) is 6.75. The number of piperazine rings is 1. The Bertz CT molecular complexity index is 503. The molecule has 2 heterocycles. The van der Waals surface area contributed by atoms with E-state index in [9.17, 15) is 0 Å². The van der Waals surface area contributed by atoms with E-state index < -0.39 is 0 Å². The quantitative estimate of drug-likeness (QED) is 0.908. The van der Waals surface area contributed by atoms with E-state index in [2.05, 4.69) is 57.8 Å². The fourth-order valence-electron chi connectivity index (χ4n) is 3.77. The Morgan fingerprint density at radius 3 is 2.90 bits per heavy atom. The average Bonchev–Trinajstić information content (AvgIpc) is 2.86. The van der Waals surface area contributed by atoms with Crippen LogP contribution in [0.3, 0.4) is 0 Å². The molecule has 1 aromatic rings. The van der Waals surface area contributed by atoms with Gasteiger partial charge in [0.05, 0.1) is 0 Å². The summed E-state index contributed by atoms with van der Waals surface area (Å²) in [4.78, 5) is 5.24. The standard InChI is InChI=1S/C17H26BrN3/c1-12(19)8-14-5-6-15(9-17(14)18)21-11-16-4-3-7-20(16)10-13(21)2/h5-6,9,12-13,16H,3-4,7-8,10-11,19H2,1-2H3. The summed E-state index contributed by atoms with van der Waals surface area (Å²) >= 11 is 3.73. The van der Waals surface area contributed by atoms with E-state index in [0.717, 1.165) is 12.5 Å². The van der Waals surface area contributed by atoms with E-state index in [4.69, 9.17) is 5.73 Å². The number of halogens is 1. The van der Waals surface area contributed by atoms with Crippen molar-refractivity contribution in [3.8, 4) is 0 Å². The lowest BCUT2D eigenvalue weighted by atomic mass is 10.0. The molecule has 0 bridgehead atoms. The Labute approximate surface area is 136 Å². The largest absolute Gasteiger partial charge is 0.366 e. The summed E-state index contributed by atoms with van der Waals surface area (Å²) in [7, 11) is 0. The molecule has 0 aromatic heterocycles. The van der Waals surface area contributed by atoms with Gasteiger partial charge in [-0.3, -0.25) is 4.90 Å². The number of nitrogens with zero attached hydrogens (tertiary/aromatic N) is 2. The highest BCUT2D eigenvalue weighted by molar-refractivity contribution is 9.10. The molecule has 2 saturated heterocycles. The molecule has 0 spiro atoms. The third-order valence-electron chi connectivity index (χ3n) is 4.85. The summed E-state index contributed by atoms with van der Waals surface area (Å²) < 4.78 is 1.19. The molecular weight excluding hydrogens is 326 g/mol. The van der Waals surface area contributed by atoms with Gasteiger partial charge in [0, 0.05) is 41.4 Å². The first-order valence-electron chi connectivity index (χ1n) is 8.09. The van der Waals surface area contributed by atoms with Crippen molar-refractivity contribution in [1.29, 1.82) is 0 Å². The molecular formula is C17H26BrN3. The van der Waals surface area contributed by atoms with Crippen molar-refractivity contribution in [2.24, 2.45) is 5.73 Å². The third-order valence-corrected chi connectivity index (χ3v) is 5.59. The van der Waals surface area contributed by atoms with Crippen LogP contribution >= 0.6 is 15.9 Å². The Hall–Kier alpha value is -0.580. The number of benzene rings is 1. The first-order chi connectivity index (χ1) is 10.0. The second kappa shape index (κ2) is 6.27. The van der Waals surface area contributed by atoms with Gasteiger partial charge in [-0.2, -0.15) is 0 Å². The van der Waals surface area contributed by atoms with Crippen molar-refractivity contribution in [1.82, 2.24) is 4.90 Å². The van der Waals surface area contributed by atoms with Gasteiger partial charge in [0.15, 0.2) is 0 Å². The Balaban J connectivity index is 1.78. The molecule has 0 aliphatic carbocycles. The van der Waals surface area contributed by atoms with E-state index >= 15 is 0 Å². The number of rotatable bonds is 3. The Morgan fingerprint density at radius 2 is 2.19 bits per heavy atom. The molecule has 2 aliphatic heterocycles. The molecule has 116 valence electrons. The van der Waals surface area contributed by atoms with Gasteiger partial charge in [-0.1, -0.05) is 22.0 Å². The van der Waals surface area contributed by atoms with Gasteiger partial charge in [0.2, 0.25) is 0 Å². The molecule has 0 saturated carbocycles. The van der Waals surface area contributed by atoms with E-state index in [-0.39, 0.29) is 6.04 Å². The minimum absolute atomic E-state index is 0.202. The molecule has 0 amide bonds. The average molecular weight is 352 g/mol. The molecule has 3 unspecified atom stereocenters. The van der Waals surface area contributed by atoms with Crippen molar-refractivity contribution in [3.05, 3.63) is 28.2 Å². The van der Waals surface area contributed by atoms with Crippen molar-refractivity contribution in [2.45, 2.75) is 51.2 Å². The Morgan fingerprint density at radius 1 is 1.38 bits per heavy atom. The lowest BCUT2D eigenvalue weighted by molar-refractivity contribution is 0.203. The lowest BCUT2D eigenvalue weighted by Gasteiger charge is -2.43.